The van der Waals surface area contributed by atoms with E-state index < -0.39 is 0 Å². The number of aromatic nitrogens is 1. The highest BCUT2D eigenvalue weighted by Crippen LogP contribution is 2.28. The SMILES string of the molecule is COc1ccc(C(=O)Nc2cccc(SCC(=O)Nc3ccc4cc[nH]c4c3)c2)cc1OC. The Morgan fingerprint density at radius 3 is 2.52 bits per heavy atom. The summed E-state index contributed by atoms with van der Waals surface area (Å²) in [6.07, 6.45) is 1.86. The molecule has 0 aliphatic heterocycles. The number of anilines is 2. The molecule has 1 aromatic heterocycles. The van der Waals surface area contributed by atoms with Crippen molar-refractivity contribution in [3.05, 3.63) is 78.5 Å². The molecular formula is C25H23N3O4S. The fourth-order valence-electron chi connectivity index (χ4n) is 3.32. The first-order chi connectivity index (χ1) is 16.1. The molecule has 33 heavy (non-hydrogen) atoms. The smallest absolute Gasteiger partial charge is 0.255 e. The molecular weight excluding hydrogens is 438 g/mol. The van der Waals surface area contributed by atoms with Crippen molar-refractivity contribution in [2.75, 3.05) is 30.6 Å². The maximum Gasteiger partial charge on any atom is 0.255 e. The molecule has 0 spiro atoms. The highest BCUT2D eigenvalue weighted by molar-refractivity contribution is 8.00. The van der Waals surface area contributed by atoms with Crippen molar-refractivity contribution in [2.24, 2.45) is 0 Å². The summed E-state index contributed by atoms with van der Waals surface area (Å²) in [6, 6.07) is 20.1. The van der Waals surface area contributed by atoms with Crippen LogP contribution >= 0.6 is 11.8 Å². The molecule has 4 rings (SSSR count). The lowest BCUT2D eigenvalue weighted by Gasteiger charge is -2.11. The zero-order valence-corrected chi connectivity index (χ0v) is 19.0. The van der Waals surface area contributed by atoms with Gasteiger partial charge in [-0.15, -0.1) is 11.8 Å². The van der Waals surface area contributed by atoms with E-state index in [1.54, 1.807) is 31.4 Å². The Kier molecular flexibility index (Phi) is 6.85. The van der Waals surface area contributed by atoms with Crippen molar-refractivity contribution in [1.82, 2.24) is 4.98 Å². The molecule has 3 N–H and O–H groups in total. The largest absolute Gasteiger partial charge is 0.493 e. The molecule has 4 aromatic rings. The van der Waals surface area contributed by atoms with E-state index in [2.05, 4.69) is 15.6 Å². The van der Waals surface area contributed by atoms with Gasteiger partial charge in [0, 0.05) is 33.5 Å². The number of carbonyl (C=O) groups is 2. The summed E-state index contributed by atoms with van der Waals surface area (Å²) in [5, 5.41) is 6.88. The number of hydrogen-bond acceptors (Lipinski definition) is 5. The standard InChI is InChI=1S/C25H23N3O4S/c1-31-22-9-7-17(12-23(22)32-2)25(30)28-18-4-3-5-20(13-18)33-15-24(29)27-19-8-6-16-10-11-26-21(16)14-19/h3-14,26H,15H2,1-2H3,(H,27,29)(H,28,30). The van der Waals surface area contributed by atoms with Gasteiger partial charge in [-0.1, -0.05) is 12.1 Å². The Bertz CT molecular complexity index is 1300. The number of nitrogens with one attached hydrogen (secondary N) is 3. The van der Waals surface area contributed by atoms with Crippen molar-refractivity contribution >= 4 is 45.9 Å². The highest BCUT2D eigenvalue weighted by atomic mass is 32.2. The van der Waals surface area contributed by atoms with Crippen LogP contribution in [0.5, 0.6) is 11.5 Å². The number of benzene rings is 3. The molecule has 0 atom stereocenters. The Balaban J connectivity index is 1.35. The van der Waals surface area contributed by atoms with Gasteiger partial charge in [0.15, 0.2) is 11.5 Å². The molecule has 0 fully saturated rings. The van der Waals surface area contributed by atoms with E-state index in [0.717, 1.165) is 21.5 Å². The van der Waals surface area contributed by atoms with Gasteiger partial charge in [-0.05, 0) is 60.0 Å². The average molecular weight is 462 g/mol. The molecule has 0 aliphatic rings. The van der Waals surface area contributed by atoms with Crippen LogP contribution in [0, 0.1) is 0 Å². The van der Waals surface area contributed by atoms with E-state index in [1.165, 1.54) is 18.9 Å². The van der Waals surface area contributed by atoms with Gasteiger partial charge in [-0.25, -0.2) is 0 Å². The van der Waals surface area contributed by atoms with E-state index in [4.69, 9.17) is 9.47 Å². The summed E-state index contributed by atoms with van der Waals surface area (Å²) < 4.78 is 10.5. The zero-order chi connectivity index (χ0) is 23.2. The number of fused-ring (bicyclic) bond motifs is 1. The second-order valence-corrected chi connectivity index (χ2v) is 8.22. The summed E-state index contributed by atoms with van der Waals surface area (Å²) in [7, 11) is 3.07. The predicted octanol–water partition coefficient (Wildman–Crippen LogP) is 5.17. The predicted molar refractivity (Wildman–Crippen MR) is 132 cm³/mol. The lowest BCUT2D eigenvalue weighted by molar-refractivity contribution is -0.113. The van der Waals surface area contributed by atoms with E-state index in [9.17, 15) is 9.59 Å². The molecule has 0 bridgehead atoms. The summed E-state index contributed by atoms with van der Waals surface area (Å²) in [5.41, 5.74) is 2.80. The lowest BCUT2D eigenvalue weighted by atomic mass is 10.2. The lowest BCUT2D eigenvalue weighted by Crippen LogP contribution is -2.14. The van der Waals surface area contributed by atoms with Crippen molar-refractivity contribution in [1.29, 1.82) is 0 Å². The van der Waals surface area contributed by atoms with Crippen LogP contribution in [-0.2, 0) is 4.79 Å². The van der Waals surface area contributed by atoms with Crippen LogP contribution in [0.25, 0.3) is 10.9 Å². The molecule has 0 saturated carbocycles. The first-order valence-corrected chi connectivity index (χ1v) is 11.2. The van der Waals surface area contributed by atoms with E-state index in [-0.39, 0.29) is 17.6 Å². The molecule has 1 heterocycles. The van der Waals surface area contributed by atoms with Crippen LogP contribution in [-0.4, -0.2) is 36.8 Å². The number of rotatable bonds is 8. The molecule has 0 saturated heterocycles. The third-order valence-electron chi connectivity index (χ3n) is 4.95. The van der Waals surface area contributed by atoms with Gasteiger partial charge < -0.3 is 25.1 Å². The van der Waals surface area contributed by atoms with Crippen LogP contribution in [0.15, 0.2) is 77.8 Å². The minimum absolute atomic E-state index is 0.106. The fourth-order valence-corrected chi connectivity index (χ4v) is 4.07. The number of H-pyrrole nitrogens is 1. The monoisotopic (exact) mass is 461 g/mol. The van der Waals surface area contributed by atoms with Gasteiger partial charge in [0.1, 0.15) is 0 Å². The highest BCUT2D eigenvalue weighted by Gasteiger charge is 2.12. The number of thioether (sulfide) groups is 1. The van der Waals surface area contributed by atoms with E-state index >= 15 is 0 Å². The van der Waals surface area contributed by atoms with Gasteiger partial charge in [0.2, 0.25) is 5.91 Å². The normalized spacial score (nSPS) is 10.6. The van der Waals surface area contributed by atoms with Crippen molar-refractivity contribution in [2.45, 2.75) is 4.90 Å². The van der Waals surface area contributed by atoms with Crippen molar-refractivity contribution in [3.63, 3.8) is 0 Å². The number of amides is 2. The summed E-state index contributed by atoms with van der Waals surface area (Å²) in [5.74, 6) is 0.909. The third kappa shape index (κ3) is 5.48. The number of methoxy groups -OCH3 is 2. The Hall–Kier alpha value is -3.91. The van der Waals surface area contributed by atoms with Crippen LogP contribution < -0.4 is 20.1 Å². The first-order valence-electron chi connectivity index (χ1n) is 10.2. The zero-order valence-electron chi connectivity index (χ0n) is 18.2. The van der Waals surface area contributed by atoms with Gasteiger partial charge in [-0.2, -0.15) is 0 Å². The van der Waals surface area contributed by atoms with Crippen LogP contribution in [0.2, 0.25) is 0 Å². The minimum atomic E-state index is -0.268. The Morgan fingerprint density at radius 1 is 0.879 bits per heavy atom. The molecule has 0 unspecified atom stereocenters. The van der Waals surface area contributed by atoms with Gasteiger partial charge >= 0.3 is 0 Å². The minimum Gasteiger partial charge on any atom is -0.493 e. The second kappa shape index (κ2) is 10.1. The molecule has 0 aliphatic carbocycles. The first kappa shape index (κ1) is 22.3. The number of hydrogen-bond donors (Lipinski definition) is 3. The quantitative estimate of drug-likeness (QED) is 0.315. The van der Waals surface area contributed by atoms with Crippen LogP contribution in [0.1, 0.15) is 10.4 Å². The summed E-state index contributed by atoms with van der Waals surface area (Å²) in [4.78, 5) is 29.0. The van der Waals surface area contributed by atoms with E-state index in [1.807, 2.05) is 48.7 Å². The van der Waals surface area contributed by atoms with Crippen molar-refractivity contribution in [3.8, 4) is 11.5 Å². The van der Waals surface area contributed by atoms with Gasteiger partial charge in [-0.3, -0.25) is 9.59 Å². The molecule has 8 heteroatoms. The topological polar surface area (TPSA) is 92.5 Å². The maximum absolute atomic E-state index is 12.7. The van der Waals surface area contributed by atoms with Gasteiger partial charge in [0.05, 0.1) is 20.0 Å². The molecule has 168 valence electrons. The molecule has 3 aromatic carbocycles. The molecule has 2 amide bonds. The third-order valence-corrected chi connectivity index (χ3v) is 5.94. The number of aromatic amines is 1. The number of carbonyl (C=O) groups excluding carboxylic acids is 2. The molecule has 0 radical (unpaired) electrons. The second-order valence-electron chi connectivity index (χ2n) is 7.17. The summed E-state index contributed by atoms with van der Waals surface area (Å²) >= 11 is 1.39. The number of ether oxygens (including phenoxy) is 2. The Morgan fingerprint density at radius 2 is 1.70 bits per heavy atom. The van der Waals surface area contributed by atoms with Crippen LogP contribution in [0.3, 0.4) is 0 Å². The van der Waals surface area contributed by atoms with Crippen molar-refractivity contribution < 1.29 is 19.1 Å². The van der Waals surface area contributed by atoms with Gasteiger partial charge in [0.25, 0.3) is 5.91 Å². The summed E-state index contributed by atoms with van der Waals surface area (Å²) in [6.45, 7) is 0. The average Bonchev–Trinajstić information content (AvgIpc) is 3.30. The molecule has 7 nitrogen and oxygen atoms in total. The fraction of sp³-hybridized carbons (Fsp3) is 0.120. The van der Waals surface area contributed by atoms with E-state index in [0.29, 0.717) is 22.7 Å². The maximum atomic E-state index is 12.7. The van der Waals surface area contributed by atoms with Crippen LogP contribution in [0.4, 0.5) is 11.4 Å². The Labute approximate surface area is 195 Å².